The Labute approximate surface area is 111 Å². The third-order valence-electron chi connectivity index (χ3n) is 3.68. The Bertz CT molecular complexity index is 395. The second-order valence-corrected chi connectivity index (χ2v) is 6.66. The minimum atomic E-state index is 0.170. The van der Waals surface area contributed by atoms with Crippen molar-refractivity contribution in [3.63, 3.8) is 0 Å². The van der Waals surface area contributed by atoms with Gasteiger partial charge in [0.1, 0.15) is 0 Å². The smallest absolute Gasteiger partial charge is 0.0687 e. The van der Waals surface area contributed by atoms with Gasteiger partial charge in [0.15, 0.2) is 0 Å². The van der Waals surface area contributed by atoms with E-state index in [9.17, 15) is 0 Å². The van der Waals surface area contributed by atoms with E-state index in [2.05, 4.69) is 45.5 Å². The molecule has 1 saturated heterocycles. The molecule has 1 aromatic rings. The lowest BCUT2D eigenvalue weighted by molar-refractivity contribution is 0.0661. The molecule has 1 aliphatic rings. The topological polar surface area (TPSA) is 27.1 Å². The Morgan fingerprint density at radius 2 is 1.89 bits per heavy atom. The van der Waals surface area contributed by atoms with Gasteiger partial charge >= 0.3 is 0 Å². The van der Waals surface area contributed by atoms with Crippen molar-refractivity contribution in [1.82, 2.24) is 9.78 Å². The largest absolute Gasteiger partial charge is 0.381 e. The summed E-state index contributed by atoms with van der Waals surface area (Å²) in [6.45, 7) is 13.0. The fourth-order valence-corrected chi connectivity index (χ4v) is 2.55. The zero-order chi connectivity index (χ0) is 13.3. The number of hydrogen-bond donors (Lipinski definition) is 0. The first-order chi connectivity index (χ1) is 8.39. The van der Waals surface area contributed by atoms with E-state index in [0.717, 1.165) is 26.1 Å². The first-order valence-corrected chi connectivity index (χ1v) is 7.07. The summed E-state index contributed by atoms with van der Waals surface area (Å²) in [5.74, 6) is 0.486. The first-order valence-electron chi connectivity index (χ1n) is 7.07. The van der Waals surface area contributed by atoms with Gasteiger partial charge in [0.2, 0.25) is 0 Å². The van der Waals surface area contributed by atoms with E-state index < -0.39 is 0 Å². The molecule has 1 aromatic heterocycles. The van der Waals surface area contributed by atoms with E-state index in [1.54, 1.807) is 0 Å². The number of rotatable bonds is 2. The standard InChI is InChI=1S/C15H26N2O/c1-11(2)14-13(15(3,4)5)10-17(16-14)12-6-8-18-9-7-12/h10-12H,6-9H2,1-5H3. The average molecular weight is 250 g/mol. The number of nitrogens with zero attached hydrogens (tertiary/aromatic N) is 2. The van der Waals surface area contributed by atoms with Crippen molar-refractivity contribution in [1.29, 1.82) is 0 Å². The molecule has 0 spiro atoms. The van der Waals surface area contributed by atoms with Gasteiger partial charge < -0.3 is 4.74 Å². The highest BCUT2D eigenvalue weighted by Gasteiger charge is 2.26. The predicted molar refractivity (Wildman–Crippen MR) is 74.1 cm³/mol. The fourth-order valence-electron chi connectivity index (χ4n) is 2.55. The van der Waals surface area contributed by atoms with E-state index >= 15 is 0 Å². The molecule has 0 radical (unpaired) electrons. The summed E-state index contributed by atoms with van der Waals surface area (Å²) in [5.41, 5.74) is 2.82. The third-order valence-corrected chi connectivity index (χ3v) is 3.68. The van der Waals surface area contributed by atoms with E-state index in [-0.39, 0.29) is 5.41 Å². The minimum Gasteiger partial charge on any atom is -0.381 e. The van der Waals surface area contributed by atoms with Crippen LogP contribution in [-0.4, -0.2) is 23.0 Å². The van der Waals surface area contributed by atoms with Crippen LogP contribution < -0.4 is 0 Å². The van der Waals surface area contributed by atoms with Crippen LogP contribution in [0.1, 0.15) is 70.7 Å². The number of ether oxygens (including phenoxy) is 1. The summed E-state index contributed by atoms with van der Waals surface area (Å²) in [6.07, 6.45) is 4.44. The van der Waals surface area contributed by atoms with Crippen molar-refractivity contribution >= 4 is 0 Å². The molecule has 0 unspecified atom stereocenters. The van der Waals surface area contributed by atoms with Gasteiger partial charge in [0, 0.05) is 19.4 Å². The molecule has 0 bridgehead atoms. The van der Waals surface area contributed by atoms with Crippen molar-refractivity contribution in [3.8, 4) is 0 Å². The van der Waals surface area contributed by atoms with Crippen LogP contribution in [0.5, 0.6) is 0 Å². The molecule has 1 fully saturated rings. The Kier molecular flexibility index (Phi) is 3.81. The molecule has 3 nitrogen and oxygen atoms in total. The van der Waals surface area contributed by atoms with Crippen LogP contribution in [0.3, 0.4) is 0 Å². The summed E-state index contributed by atoms with van der Waals surface area (Å²) in [6, 6.07) is 0.521. The fraction of sp³-hybridized carbons (Fsp3) is 0.800. The zero-order valence-corrected chi connectivity index (χ0v) is 12.4. The summed E-state index contributed by atoms with van der Waals surface area (Å²) >= 11 is 0. The number of hydrogen-bond acceptors (Lipinski definition) is 2. The van der Waals surface area contributed by atoms with Crippen molar-refractivity contribution in [2.75, 3.05) is 13.2 Å². The Hall–Kier alpha value is -0.830. The maximum Gasteiger partial charge on any atom is 0.0687 e. The van der Waals surface area contributed by atoms with Crippen LogP contribution in [-0.2, 0) is 10.2 Å². The van der Waals surface area contributed by atoms with Crippen molar-refractivity contribution < 1.29 is 4.74 Å². The van der Waals surface area contributed by atoms with Crippen molar-refractivity contribution in [2.24, 2.45) is 0 Å². The van der Waals surface area contributed by atoms with E-state index in [1.165, 1.54) is 11.3 Å². The van der Waals surface area contributed by atoms with Gasteiger partial charge in [0.25, 0.3) is 0 Å². The van der Waals surface area contributed by atoms with Crippen LogP contribution in [0.2, 0.25) is 0 Å². The first kappa shape index (κ1) is 13.6. The minimum absolute atomic E-state index is 0.170. The second kappa shape index (κ2) is 5.04. The van der Waals surface area contributed by atoms with Crippen LogP contribution in [0, 0.1) is 0 Å². The lowest BCUT2D eigenvalue weighted by atomic mass is 9.85. The van der Waals surface area contributed by atoms with Gasteiger partial charge in [-0.15, -0.1) is 0 Å². The summed E-state index contributed by atoms with van der Waals surface area (Å²) in [5, 5.41) is 4.86. The normalized spacial score (nSPS) is 18.6. The molecule has 18 heavy (non-hydrogen) atoms. The van der Waals surface area contributed by atoms with Gasteiger partial charge in [-0.05, 0) is 29.7 Å². The highest BCUT2D eigenvalue weighted by atomic mass is 16.5. The highest BCUT2D eigenvalue weighted by molar-refractivity contribution is 5.27. The SMILES string of the molecule is CC(C)c1nn(C2CCOCC2)cc1C(C)(C)C. The van der Waals surface area contributed by atoms with E-state index in [0.29, 0.717) is 12.0 Å². The van der Waals surface area contributed by atoms with Gasteiger partial charge in [-0.2, -0.15) is 5.10 Å². The summed E-state index contributed by atoms with van der Waals surface area (Å²) in [4.78, 5) is 0. The van der Waals surface area contributed by atoms with Gasteiger partial charge in [-0.1, -0.05) is 34.6 Å². The molecule has 2 heterocycles. The van der Waals surface area contributed by atoms with Crippen molar-refractivity contribution in [3.05, 3.63) is 17.5 Å². The Morgan fingerprint density at radius 1 is 1.28 bits per heavy atom. The van der Waals surface area contributed by atoms with Gasteiger partial charge in [-0.3, -0.25) is 4.68 Å². The molecular weight excluding hydrogens is 224 g/mol. The van der Waals surface area contributed by atoms with E-state index in [4.69, 9.17) is 9.84 Å². The monoisotopic (exact) mass is 250 g/mol. The van der Waals surface area contributed by atoms with Gasteiger partial charge in [-0.25, -0.2) is 0 Å². The quantitative estimate of drug-likeness (QED) is 0.801. The molecule has 0 amide bonds. The van der Waals surface area contributed by atoms with Gasteiger partial charge in [0.05, 0.1) is 11.7 Å². The maximum atomic E-state index is 5.43. The molecule has 0 aliphatic carbocycles. The molecule has 102 valence electrons. The summed E-state index contributed by atoms with van der Waals surface area (Å²) in [7, 11) is 0. The second-order valence-electron chi connectivity index (χ2n) is 6.66. The summed E-state index contributed by atoms with van der Waals surface area (Å²) < 4.78 is 7.62. The predicted octanol–water partition coefficient (Wildman–Crippen LogP) is 3.66. The molecule has 1 aliphatic heterocycles. The van der Waals surface area contributed by atoms with Crippen LogP contribution in [0.15, 0.2) is 6.20 Å². The molecule has 3 heteroatoms. The van der Waals surface area contributed by atoms with Crippen LogP contribution in [0.25, 0.3) is 0 Å². The highest BCUT2D eigenvalue weighted by Crippen LogP contribution is 2.32. The van der Waals surface area contributed by atoms with Crippen LogP contribution in [0.4, 0.5) is 0 Å². The molecular formula is C15H26N2O. The number of aromatic nitrogens is 2. The average Bonchev–Trinajstić information content (AvgIpc) is 2.74. The Balaban J connectivity index is 2.32. The molecule has 0 atom stereocenters. The van der Waals surface area contributed by atoms with Crippen molar-refractivity contribution in [2.45, 2.75) is 64.8 Å². The van der Waals surface area contributed by atoms with E-state index in [1.807, 2.05) is 0 Å². The molecule has 0 saturated carbocycles. The third kappa shape index (κ3) is 2.77. The molecule has 0 N–H and O–H groups in total. The lowest BCUT2D eigenvalue weighted by Crippen LogP contribution is -2.20. The maximum absolute atomic E-state index is 5.43. The van der Waals surface area contributed by atoms with Crippen LogP contribution >= 0.6 is 0 Å². The molecule has 0 aromatic carbocycles. The molecule has 2 rings (SSSR count). The zero-order valence-electron chi connectivity index (χ0n) is 12.4. The lowest BCUT2D eigenvalue weighted by Gasteiger charge is -2.22. The Morgan fingerprint density at radius 3 is 2.33 bits per heavy atom.